The van der Waals surface area contributed by atoms with Crippen LogP contribution in [0.5, 0.6) is 11.5 Å². The van der Waals surface area contributed by atoms with Gasteiger partial charge in [-0.3, -0.25) is 0 Å². The van der Waals surface area contributed by atoms with Crippen LogP contribution in [0.15, 0.2) is 64.9 Å². The molecular weight excluding hydrogens is 384 g/mol. The molecule has 0 atom stereocenters. The van der Waals surface area contributed by atoms with Crippen LogP contribution >= 0.6 is 11.8 Å². The fourth-order valence-electron chi connectivity index (χ4n) is 2.61. The highest BCUT2D eigenvalue weighted by Gasteiger charge is 2.11. The highest BCUT2D eigenvalue weighted by Crippen LogP contribution is 2.17. The van der Waals surface area contributed by atoms with Crippen molar-refractivity contribution in [2.75, 3.05) is 12.9 Å². The molecule has 1 heterocycles. The SMILES string of the molecule is CCCCCOc1ccc(/C=N\n2c(COc3ccccc3)nnc2SC)cc1. The van der Waals surface area contributed by atoms with Gasteiger partial charge in [-0.2, -0.15) is 9.78 Å². The van der Waals surface area contributed by atoms with Crippen molar-refractivity contribution in [1.29, 1.82) is 0 Å². The predicted octanol–water partition coefficient (Wildman–Crippen LogP) is 5.03. The molecule has 0 unspecified atom stereocenters. The summed E-state index contributed by atoms with van der Waals surface area (Å²) in [5, 5.41) is 13.7. The standard InChI is InChI=1S/C22H26N4O2S/c1-3-4-8-15-27-20-13-11-18(12-14-20)16-23-26-21(24-25-22(26)29-2)17-28-19-9-6-5-7-10-19/h5-7,9-14,16H,3-4,8,15,17H2,1-2H3/b23-16-. The van der Waals surface area contributed by atoms with Gasteiger partial charge in [0.25, 0.3) is 0 Å². The average molecular weight is 411 g/mol. The summed E-state index contributed by atoms with van der Waals surface area (Å²) >= 11 is 1.49. The zero-order valence-corrected chi connectivity index (χ0v) is 17.6. The smallest absolute Gasteiger partial charge is 0.211 e. The van der Waals surface area contributed by atoms with E-state index in [9.17, 15) is 0 Å². The van der Waals surface area contributed by atoms with Crippen LogP contribution in [-0.2, 0) is 6.61 Å². The number of benzene rings is 2. The third-order valence-electron chi connectivity index (χ3n) is 4.19. The fraction of sp³-hybridized carbons (Fsp3) is 0.318. The van der Waals surface area contributed by atoms with Crippen molar-refractivity contribution in [3.63, 3.8) is 0 Å². The van der Waals surface area contributed by atoms with Crippen molar-refractivity contribution in [2.45, 2.75) is 37.9 Å². The summed E-state index contributed by atoms with van der Waals surface area (Å²) in [6.45, 7) is 3.23. The molecule has 0 N–H and O–H groups in total. The number of hydrogen-bond donors (Lipinski definition) is 0. The summed E-state index contributed by atoms with van der Waals surface area (Å²) in [5.41, 5.74) is 0.974. The van der Waals surface area contributed by atoms with E-state index in [2.05, 4.69) is 22.2 Å². The Balaban J connectivity index is 1.64. The summed E-state index contributed by atoms with van der Waals surface area (Å²) < 4.78 is 13.3. The number of nitrogens with zero attached hydrogens (tertiary/aromatic N) is 4. The van der Waals surface area contributed by atoms with Crippen LogP contribution in [0.1, 0.15) is 37.6 Å². The zero-order valence-electron chi connectivity index (χ0n) is 16.8. The van der Waals surface area contributed by atoms with Gasteiger partial charge in [-0.25, -0.2) is 0 Å². The molecule has 0 saturated heterocycles. The van der Waals surface area contributed by atoms with Crippen molar-refractivity contribution in [3.8, 4) is 11.5 Å². The van der Waals surface area contributed by atoms with Crippen LogP contribution in [-0.4, -0.2) is 34.0 Å². The van der Waals surface area contributed by atoms with Crippen LogP contribution in [0.25, 0.3) is 0 Å². The van der Waals surface area contributed by atoms with Gasteiger partial charge >= 0.3 is 0 Å². The molecule has 0 saturated carbocycles. The number of rotatable bonds is 11. The minimum Gasteiger partial charge on any atom is -0.494 e. The molecule has 0 radical (unpaired) electrons. The number of unbranched alkanes of at least 4 members (excludes halogenated alkanes) is 2. The summed E-state index contributed by atoms with van der Waals surface area (Å²) in [7, 11) is 0. The highest BCUT2D eigenvalue weighted by atomic mass is 32.2. The summed E-state index contributed by atoms with van der Waals surface area (Å²) in [6, 6.07) is 17.5. The molecule has 0 aliphatic carbocycles. The number of aromatic nitrogens is 3. The van der Waals surface area contributed by atoms with Crippen LogP contribution in [0.4, 0.5) is 0 Å². The summed E-state index contributed by atoms with van der Waals surface area (Å²) in [6.07, 6.45) is 7.20. The van der Waals surface area contributed by atoms with Gasteiger partial charge in [0.2, 0.25) is 5.16 Å². The lowest BCUT2D eigenvalue weighted by Gasteiger charge is -2.07. The Bertz CT molecular complexity index is 895. The van der Waals surface area contributed by atoms with Gasteiger partial charge < -0.3 is 9.47 Å². The number of hydrogen-bond acceptors (Lipinski definition) is 6. The molecule has 7 heteroatoms. The quantitative estimate of drug-likeness (QED) is 0.252. The first-order chi connectivity index (χ1) is 14.3. The molecule has 0 fully saturated rings. The molecule has 152 valence electrons. The van der Waals surface area contributed by atoms with Gasteiger partial charge in [0, 0.05) is 0 Å². The molecule has 6 nitrogen and oxygen atoms in total. The van der Waals surface area contributed by atoms with Gasteiger partial charge in [-0.05, 0) is 54.6 Å². The van der Waals surface area contributed by atoms with Gasteiger partial charge in [0.05, 0.1) is 12.8 Å². The van der Waals surface area contributed by atoms with Gasteiger partial charge in [-0.15, -0.1) is 10.2 Å². The maximum absolute atomic E-state index is 5.79. The topological polar surface area (TPSA) is 61.5 Å². The largest absolute Gasteiger partial charge is 0.494 e. The first-order valence-electron chi connectivity index (χ1n) is 9.73. The maximum atomic E-state index is 5.79. The normalized spacial score (nSPS) is 11.1. The number of ether oxygens (including phenoxy) is 2. The minimum atomic E-state index is 0.291. The lowest BCUT2D eigenvalue weighted by molar-refractivity contribution is 0.290. The average Bonchev–Trinajstić information content (AvgIpc) is 3.17. The Kier molecular flexibility index (Phi) is 8.12. The first kappa shape index (κ1) is 20.9. The Morgan fingerprint density at radius 1 is 0.966 bits per heavy atom. The van der Waals surface area contributed by atoms with Crippen molar-refractivity contribution < 1.29 is 9.47 Å². The van der Waals surface area contributed by atoms with Crippen molar-refractivity contribution >= 4 is 18.0 Å². The molecule has 0 bridgehead atoms. The van der Waals surface area contributed by atoms with E-state index < -0.39 is 0 Å². The third kappa shape index (κ3) is 6.35. The molecule has 0 aliphatic heterocycles. The Morgan fingerprint density at radius 2 is 1.72 bits per heavy atom. The molecule has 0 aliphatic rings. The maximum Gasteiger partial charge on any atom is 0.211 e. The van der Waals surface area contributed by atoms with Crippen molar-refractivity contribution in [3.05, 3.63) is 66.0 Å². The summed E-state index contributed by atoms with van der Waals surface area (Å²) in [4.78, 5) is 0. The third-order valence-corrected chi connectivity index (χ3v) is 4.81. The van der Waals surface area contributed by atoms with E-state index in [-0.39, 0.29) is 0 Å². The van der Waals surface area contributed by atoms with Gasteiger partial charge in [-0.1, -0.05) is 49.7 Å². The molecule has 1 aromatic heterocycles. The molecule has 0 spiro atoms. The van der Waals surface area contributed by atoms with Crippen LogP contribution < -0.4 is 9.47 Å². The van der Waals surface area contributed by atoms with E-state index in [0.717, 1.165) is 30.1 Å². The predicted molar refractivity (Wildman–Crippen MR) is 117 cm³/mol. The van der Waals surface area contributed by atoms with E-state index in [0.29, 0.717) is 17.6 Å². The molecular formula is C22H26N4O2S. The monoisotopic (exact) mass is 410 g/mol. The van der Waals surface area contributed by atoms with E-state index in [1.165, 1.54) is 24.6 Å². The second-order valence-corrected chi connectivity index (χ2v) is 7.16. The van der Waals surface area contributed by atoms with Crippen LogP contribution in [0, 0.1) is 0 Å². The van der Waals surface area contributed by atoms with E-state index >= 15 is 0 Å². The number of thioether (sulfide) groups is 1. The molecule has 29 heavy (non-hydrogen) atoms. The molecule has 3 aromatic rings. The van der Waals surface area contributed by atoms with Crippen LogP contribution in [0.2, 0.25) is 0 Å². The van der Waals surface area contributed by atoms with E-state index in [1.54, 1.807) is 10.9 Å². The Hall–Kier alpha value is -2.80. The van der Waals surface area contributed by atoms with E-state index in [1.807, 2.05) is 60.9 Å². The van der Waals surface area contributed by atoms with Crippen molar-refractivity contribution in [1.82, 2.24) is 14.9 Å². The lowest BCUT2D eigenvalue weighted by atomic mass is 10.2. The Morgan fingerprint density at radius 3 is 2.45 bits per heavy atom. The first-order valence-corrected chi connectivity index (χ1v) is 11.0. The fourth-order valence-corrected chi connectivity index (χ4v) is 3.06. The summed E-state index contributed by atoms with van der Waals surface area (Å²) in [5.74, 6) is 2.31. The molecule has 2 aromatic carbocycles. The molecule has 3 rings (SSSR count). The lowest BCUT2D eigenvalue weighted by Crippen LogP contribution is -2.04. The van der Waals surface area contributed by atoms with E-state index in [4.69, 9.17) is 9.47 Å². The second-order valence-electron chi connectivity index (χ2n) is 6.39. The Labute approximate surface area is 176 Å². The van der Waals surface area contributed by atoms with Gasteiger partial charge in [0.1, 0.15) is 18.1 Å². The second kappa shape index (κ2) is 11.3. The van der Waals surface area contributed by atoms with Gasteiger partial charge in [0.15, 0.2) is 5.82 Å². The molecule has 0 amide bonds. The van der Waals surface area contributed by atoms with Crippen molar-refractivity contribution in [2.24, 2.45) is 5.10 Å². The zero-order chi connectivity index (χ0) is 20.3. The number of para-hydroxylation sites is 1. The van der Waals surface area contributed by atoms with Crippen LogP contribution in [0.3, 0.4) is 0 Å². The minimum absolute atomic E-state index is 0.291. The highest BCUT2D eigenvalue weighted by molar-refractivity contribution is 7.98.